The number of H-pyrrole nitrogens is 1. The Morgan fingerprint density at radius 3 is 2.76 bits per heavy atom. The molecule has 1 aliphatic carbocycles. The third kappa shape index (κ3) is 2.70. The molecule has 21 heavy (non-hydrogen) atoms. The lowest BCUT2D eigenvalue weighted by Crippen LogP contribution is -2.26. The maximum Gasteiger partial charge on any atom is 0.0991 e. The minimum absolute atomic E-state index is 0.358. The van der Waals surface area contributed by atoms with Crippen LogP contribution >= 0.6 is 0 Å². The summed E-state index contributed by atoms with van der Waals surface area (Å²) >= 11 is 0. The van der Waals surface area contributed by atoms with E-state index in [-0.39, 0.29) is 0 Å². The summed E-state index contributed by atoms with van der Waals surface area (Å²) in [5, 5.41) is 16.7. The zero-order valence-corrected chi connectivity index (χ0v) is 12.3. The first kappa shape index (κ1) is 13.8. The lowest BCUT2D eigenvalue weighted by atomic mass is 9.83. The number of hydrogen-bond donors (Lipinski definition) is 2. The highest BCUT2D eigenvalue weighted by atomic mass is 15.1. The van der Waals surface area contributed by atoms with Gasteiger partial charge in [-0.05, 0) is 50.3 Å². The van der Waals surface area contributed by atoms with Gasteiger partial charge in [0.2, 0.25) is 0 Å². The molecule has 4 heteroatoms. The van der Waals surface area contributed by atoms with Crippen molar-refractivity contribution in [3.63, 3.8) is 0 Å². The Morgan fingerprint density at radius 2 is 2.05 bits per heavy atom. The second-order valence-electron chi connectivity index (χ2n) is 5.92. The maximum absolute atomic E-state index is 9.02. The van der Waals surface area contributed by atoms with Crippen LogP contribution in [0, 0.1) is 18.3 Å². The highest BCUT2D eigenvalue weighted by Gasteiger charge is 2.24. The molecular weight excluding hydrogens is 260 g/mol. The number of nitriles is 1. The van der Waals surface area contributed by atoms with E-state index in [0.29, 0.717) is 17.5 Å². The van der Waals surface area contributed by atoms with Crippen LogP contribution < -0.4 is 5.73 Å². The molecule has 2 aromatic rings. The molecule has 1 fully saturated rings. The Bertz CT molecular complexity index is 672. The average molecular weight is 280 g/mol. The Morgan fingerprint density at radius 1 is 1.29 bits per heavy atom. The molecule has 0 unspecified atom stereocenters. The number of aromatic nitrogens is 2. The molecule has 1 aliphatic rings. The van der Waals surface area contributed by atoms with Crippen molar-refractivity contribution in [2.45, 2.75) is 44.6 Å². The fourth-order valence-electron chi connectivity index (χ4n) is 3.23. The first-order chi connectivity index (χ1) is 10.2. The fraction of sp³-hybridized carbons (Fsp3) is 0.412. The summed E-state index contributed by atoms with van der Waals surface area (Å²) in [6.07, 6.45) is 4.43. The Labute approximate surface area is 125 Å². The topological polar surface area (TPSA) is 78.5 Å². The highest BCUT2D eigenvalue weighted by molar-refractivity contribution is 5.65. The summed E-state index contributed by atoms with van der Waals surface area (Å²) in [7, 11) is 0. The van der Waals surface area contributed by atoms with Gasteiger partial charge in [-0.2, -0.15) is 10.4 Å². The van der Waals surface area contributed by atoms with Gasteiger partial charge in [-0.1, -0.05) is 12.1 Å². The van der Waals surface area contributed by atoms with Crippen LogP contribution in [0.3, 0.4) is 0 Å². The van der Waals surface area contributed by atoms with Crippen molar-refractivity contribution in [2.24, 2.45) is 5.73 Å². The molecule has 0 saturated heterocycles. The van der Waals surface area contributed by atoms with Gasteiger partial charge in [-0.15, -0.1) is 0 Å². The quantitative estimate of drug-likeness (QED) is 0.886. The molecule has 0 spiro atoms. The summed E-state index contributed by atoms with van der Waals surface area (Å²) in [6, 6.07) is 10.2. The van der Waals surface area contributed by atoms with Gasteiger partial charge in [0.15, 0.2) is 0 Å². The van der Waals surface area contributed by atoms with E-state index < -0.39 is 0 Å². The van der Waals surface area contributed by atoms with Gasteiger partial charge in [-0.25, -0.2) is 0 Å². The van der Waals surface area contributed by atoms with E-state index in [4.69, 9.17) is 11.0 Å². The standard InChI is InChI=1S/C17H20N4/c1-11-16(13-5-7-15(19)8-6-13)20-21-17(11)14-4-2-3-12(9-14)10-18/h2-4,9,13,15H,5-8,19H2,1H3,(H,20,21). The molecule has 1 aromatic heterocycles. The van der Waals surface area contributed by atoms with Crippen molar-refractivity contribution in [2.75, 3.05) is 0 Å². The third-order valence-electron chi connectivity index (χ3n) is 4.49. The second kappa shape index (κ2) is 5.71. The van der Waals surface area contributed by atoms with E-state index in [1.54, 1.807) is 0 Å². The first-order valence-electron chi connectivity index (χ1n) is 7.50. The van der Waals surface area contributed by atoms with Crippen LogP contribution in [0.5, 0.6) is 0 Å². The van der Waals surface area contributed by atoms with Gasteiger partial charge in [0.1, 0.15) is 0 Å². The molecule has 1 aromatic carbocycles. The van der Waals surface area contributed by atoms with Crippen molar-refractivity contribution in [3.8, 4) is 17.3 Å². The first-order valence-corrected chi connectivity index (χ1v) is 7.50. The molecule has 3 rings (SSSR count). The Kier molecular flexibility index (Phi) is 3.76. The molecule has 0 atom stereocenters. The van der Waals surface area contributed by atoms with Gasteiger partial charge >= 0.3 is 0 Å². The number of benzene rings is 1. The summed E-state index contributed by atoms with van der Waals surface area (Å²) in [5.41, 5.74) is 11.0. The number of nitrogens with two attached hydrogens (primary N) is 1. The predicted octanol–water partition coefficient (Wildman–Crippen LogP) is 3.24. The molecule has 0 amide bonds. The predicted molar refractivity (Wildman–Crippen MR) is 82.7 cm³/mol. The number of nitrogens with zero attached hydrogens (tertiary/aromatic N) is 2. The minimum atomic E-state index is 0.358. The molecule has 4 nitrogen and oxygen atoms in total. The summed E-state index contributed by atoms with van der Waals surface area (Å²) in [5.74, 6) is 0.533. The van der Waals surface area contributed by atoms with Gasteiger partial charge < -0.3 is 5.73 Å². The number of nitrogens with one attached hydrogen (secondary N) is 1. The summed E-state index contributed by atoms with van der Waals surface area (Å²) in [6.45, 7) is 2.11. The Balaban J connectivity index is 1.90. The molecule has 3 N–H and O–H groups in total. The number of rotatable bonds is 2. The molecule has 0 radical (unpaired) electrons. The second-order valence-corrected chi connectivity index (χ2v) is 5.92. The Hall–Kier alpha value is -2.12. The van der Waals surface area contributed by atoms with E-state index in [2.05, 4.69) is 23.2 Å². The SMILES string of the molecule is Cc1c(-c2cccc(C#N)c2)n[nH]c1C1CCC(N)CC1. The van der Waals surface area contributed by atoms with E-state index in [0.717, 1.165) is 36.9 Å². The van der Waals surface area contributed by atoms with E-state index in [9.17, 15) is 0 Å². The van der Waals surface area contributed by atoms with Crippen molar-refractivity contribution in [1.82, 2.24) is 10.2 Å². The molecule has 108 valence electrons. The van der Waals surface area contributed by atoms with Crippen molar-refractivity contribution in [3.05, 3.63) is 41.1 Å². The van der Waals surface area contributed by atoms with E-state index >= 15 is 0 Å². The minimum Gasteiger partial charge on any atom is -0.328 e. The number of aromatic amines is 1. The van der Waals surface area contributed by atoms with Crippen LogP contribution in [-0.4, -0.2) is 16.2 Å². The molecule has 0 bridgehead atoms. The van der Waals surface area contributed by atoms with Crippen LogP contribution in [0.1, 0.15) is 48.4 Å². The molecule has 1 saturated carbocycles. The largest absolute Gasteiger partial charge is 0.328 e. The van der Waals surface area contributed by atoms with Crippen LogP contribution in [0.2, 0.25) is 0 Å². The van der Waals surface area contributed by atoms with Crippen LogP contribution in [0.25, 0.3) is 11.3 Å². The average Bonchev–Trinajstić information content (AvgIpc) is 2.90. The summed E-state index contributed by atoms with van der Waals surface area (Å²) < 4.78 is 0. The van der Waals surface area contributed by atoms with Gasteiger partial charge in [0, 0.05) is 23.2 Å². The lowest BCUT2D eigenvalue weighted by Gasteiger charge is -2.25. The third-order valence-corrected chi connectivity index (χ3v) is 4.49. The fourth-order valence-corrected chi connectivity index (χ4v) is 3.23. The van der Waals surface area contributed by atoms with Gasteiger partial charge in [-0.3, -0.25) is 5.10 Å². The van der Waals surface area contributed by atoms with Crippen molar-refractivity contribution >= 4 is 0 Å². The smallest absolute Gasteiger partial charge is 0.0991 e. The zero-order valence-electron chi connectivity index (χ0n) is 12.3. The van der Waals surface area contributed by atoms with Crippen molar-refractivity contribution < 1.29 is 0 Å². The summed E-state index contributed by atoms with van der Waals surface area (Å²) in [4.78, 5) is 0. The molecule has 0 aliphatic heterocycles. The van der Waals surface area contributed by atoms with Crippen LogP contribution in [-0.2, 0) is 0 Å². The van der Waals surface area contributed by atoms with E-state index in [1.807, 2.05) is 24.3 Å². The monoisotopic (exact) mass is 280 g/mol. The zero-order chi connectivity index (χ0) is 14.8. The van der Waals surface area contributed by atoms with E-state index in [1.165, 1.54) is 11.3 Å². The molecular formula is C17H20N4. The van der Waals surface area contributed by atoms with Crippen LogP contribution in [0.15, 0.2) is 24.3 Å². The van der Waals surface area contributed by atoms with Crippen LogP contribution in [0.4, 0.5) is 0 Å². The highest BCUT2D eigenvalue weighted by Crippen LogP contribution is 2.35. The maximum atomic E-state index is 9.02. The molecule has 1 heterocycles. The van der Waals surface area contributed by atoms with Crippen molar-refractivity contribution in [1.29, 1.82) is 5.26 Å². The normalized spacial score (nSPS) is 22.0. The number of hydrogen-bond acceptors (Lipinski definition) is 3. The van der Waals surface area contributed by atoms with Gasteiger partial charge in [0.25, 0.3) is 0 Å². The van der Waals surface area contributed by atoms with Gasteiger partial charge in [0.05, 0.1) is 17.3 Å². The lowest BCUT2D eigenvalue weighted by molar-refractivity contribution is 0.389.